The summed E-state index contributed by atoms with van der Waals surface area (Å²) in [4.78, 5) is 22.9. The molecule has 1 saturated carbocycles. The normalized spacial score (nSPS) is 27.1. The minimum Gasteiger partial charge on any atom is -0.481 e. The Kier molecular flexibility index (Phi) is 5.23. The standard InChI is InChI=1S/C14H24N2O4/c1-2-3-10(13(17)18)8-15-14(19)16-11-6-7-20-12(11)9-4-5-9/h9-12H,2-8H2,1H3,(H,17,18)(H2,15,16,19). The van der Waals surface area contributed by atoms with Crippen molar-refractivity contribution in [3.63, 3.8) is 0 Å². The van der Waals surface area contributed by atoms with Crippen LogP contribution in [0.2, 0.25) is 0 Å². The van der Waals surface area contributed by atoms with E-state index in [9.17, 15) is 9.59 Å². The molecule has 114 valence electrons. The number of carboxylic acids is 1. The molecule has 0 aromatic carbocycles. The van der Waals surface area contributed by atoms with Crippen molar-refractivity contribution in [2.24, 2.45) is 11.8 Å². The van der Waals surface area contributed by atoms with Gasteiger partial charge in [0.25, 0.3) is 0 Å². The Hall–Kier alpha value is -1.30. The lowest BCUT2D eigenvalue weighted by Crippen LogP contribution is -2.47. The molecule has 2 amide bonds. The van der Waals surface area contributed by atoms with Crippen LogP contribution in [-0.2, 0) is 9.53 Å². The highest BCUT2D eigenvalue weighted by atomic mass is 16.5. The lowest BCUT2D eigenvalue weighted by Gasteiger charge is -2.20. The van der Waals surface area contributed by atoms with Gasteiger partial charge >= 0.3 is 12.0 Å². The van der Waals surface area contributed by atoms with Crippen molar-refractivity contribution >= 4 is 12.0 Å². The van der Waals surface area contributed by atoms with Crippen LogP contribution in [-0.4, -0.2) is 42.4 Å². The van der Waals surface area contributed by atoms with Crippen molar-refractivity contribution in [2.45, 2.75) is 51.2 Å². The Balaban J connectivity index is 1.72. The first-order chi connectivity index (χ1) is 9.61. The Morgan fingerprint density at radius 2 is 2.10 bits per heavy atom. The van der Waals surface area contributed by atoms with Gasteiger partial charge in [-0.15, -0.1) is 0 Å². The van der Waals surface area contributed by atoms with Gasteiger partial charge in [-0.25, -0.2) is 4.79 Å². The van der Waals surface area contributed by atoms with E-state index in [1.165, 1.54) is 12.8 Å². The summed E-state index contributed by atoms with van der Waals surface area (Å²) in [6.07, 6.45) is 4.72. The van der Waals surface area contributed by atoms with E-state index in [1.54, 1.807) is 0 Å². The van der Waals surface area contributed by atoms with E-state index < -0.39 is 11.9 Å². The topological polar surface area (TPSA) is 87.7 Å². The third-order valence-electron chi connectivity index (χ3n) is 4.03. The van der Waals surface area contributed by atoms with Crippen molar-refractivity contribution in [1.29, 1.82) is 0 Å². The summed E-state index contributed by atoms with van der Waals surface area (Å²) in [7, 11) is 0. The molecule has 0 aromatic heterocycles. The highest BCUT2D eigenvalue weighted by molar-refractivity contribution is 5.76. The fourth-order valence-corrected chi connectivity index (χ4v) is 2.75. The number of ether oxygens (including phenoxy) is 1. The zero-order valence-electron chi connectivity index (χ0n) is 11.9. The van der Waals surface area contributed by atoms with Crippen molar-refractivity contribution < 1.29 is 19.4 Å². The van der Waals surface area contributed by atoms with Gasteiger partial charge in [-0.05, 0) is 31.6 Å². The third kappa shape index (κ3) is 4.10. The van der Waals surface area contributed by atoms with Crippen molar-refractivity contribution in [1.82, 2.24) is 10.6 Å². The molecule has 0 spiro atoms. The molecule has 20 heavy (non-hydrogen) atoms. The van der Waals surface area contributed by atoms with Crippen molar-refractivity contribution in [3.05, 3.63) is 0 Å². The quantitative estimate of drug-likeness (QED) is 0.658. The van der Waals surface area contributed by atoms with Crippen LogP contribution in [0.4, 0.5) is 4.79 Å². The molecule has 0 aromatic rings. The van der Waals surface area contributed by atoms with Gasteiger partial charge in [-0.1, -0.05) is 13.3 Å². The minimum atomic E-state index is -0.854. The van der Waals surface area contributed by atoms with E-state index in [-0.39, 0.29) is 24.7 Å². The monoisotopic (exact) mass is 284 g/mol. The van der Waals surface area contributed by atoms with Crippen LogP contribution in [0.25, 0.3) is 0 Å². The van der Waals surface area contributed by atoms with Crippen LogP contribution >= 0.6 is 0 Å². The molecule has 6 heteroatoms. The molecule has 6 nitrogen and oxygen atoms in total. The van der Waals surface area contributed by atoms with Crippen LogP contribution < -0.4 is 10.6 Å². The minimum absolute atomic E-state index is 0.0666. The molecule has 0 radical (unpaired) electrons. The maximum Gasteiger partial charge on any atom is 0.315 e. The highest BCUT2D eigenvalue weighted by Crippen LogP contribution is 2.38. The second-order valence-corrected chi connectivity index (χ2v) is 5.75. The summed E-state index contributed by atoms with van der Waals surface area (Å²) in [6.45, 7) is 2.81. The summed E-state index contributed by atoms with van der Waals surface area (Å²) in [5, 5.41) is 14.6. The van der Waals surface area contributed by atoms with E-state index in [0.717, 1.165) is 12.8 Å². The third-order valence-corrected chi connectivity index (χ3v) is 4.03. The largest absolute Gasteiger partial charge is 0.481 e. The lowest BCUT2D eigenvalue weighted by atomic mass is 10.0. The summed E-state index contributed by atoms with van der Waals surface area (Å²) < 4.78 is 5.66. The van der Waals surface area contributed by atoms with Crippen LogP contribution in [0.3, 0.4) is 0 Å². The summed E-state index contributed by atoms with van der Waals surface area (Å²) in [6, 6.07) is -0.217. The van der Waals surface area contributed by atoms with E-state index in [0.29, 0.717) is 18.9 Å². The molecule has 1 aliphatic carbocycles. The maximum atomic E-state index is 11.8. The van der Waals surface area contributed by atoms with Gasteiger partial charge in [0, 0.05) is 13.2 Å². The van der Waals surface area contributed by atoms with Gasteiger partial charge in [0.1, 0.15) is 0 Å². The summed E-state index contributed by atoms with van der Waals surface area (Å²) >= 11 is 0. The number of rotatable bonds is 7. The van der Waals surface area contributed by atoms with Gasteiger partial charge < -0.3 is 20.5 Å². The van der Waals surface area contributed by atoms with Gasteiger partial charge in [0.05, 0.1) is 18.1 Å². The zero-order chi connectivity index (χ0) is 14.5. The molecule has 2 aliphatic rings. The number of hydrogen-bond donors (Lipinski definition) is 3. The van der Waals surface area contributed by atoms with E-state index >= 15 is 0 Å². The molecule has 3 N–H and O–H groups in total. The smallest absolute Gasteiger partial charge is 0.315 e. The number of carbonyl (C=O) groups excluding carboxylic acids is 1. The average molecular weight is 284 g/mol. The number of aliphatic carboxylic acids is 1. The SMILES string of the molecule is CCCC(CNC(=O)NC1CCOC1C1CC1)C(=O)O. The Bertz CT molecular complexity index is 357. The first-order valence-corrected chi connectivity index (χ1v) is 7.50. The Labute approximate surface area is 119 Å². The highest BCUT2D eigenvalue weighted by Gasteiger charge is 2.41. The fraction of sp³-hybridized carbons (Fsp3) is 0.857. The number of hydrogen-bond acceptors (Lipinski definition) is 3. The molecule has 3 unspecified atom stereocenters. The summed E-state index contributed by atoms with van der Waals surface area (Å²) in [5.41, 5.74) is 0. The number of urea groups is 1. The first-order valence-electron chi connectivity index (χ1n) is 7.50. The number of carbonyl (C=O) groups is 2. The van der Waals surface area contributed by atoms with Crippen molar-refractivity contribution in [2.75, 3.05) is 13.2 Å². The van der Waals surface area contributed by atoms with Gasteiger partial charge in [-0.3, -0.25) is 4.79 Å². The number of carboxylic acid groups (broad SMARTS) is 1. The van der Waals surface area contributed by atoms with Crippen molar-refractivity contribution in [3.8, 4) is 0 Å². The number of nitrogens with one attached hydrogen (secondary N) is 2. The number of amides is 2. The maximum absolute atomic E-state index is 11.8. The van der Waals surface area contributed by atoms with Crippen LogP contribution in [0.1, 0.15) is 39.0 Å². The van der Waals surface area contributed by atoms with Crippen LogP contribution in [0.5, 0.6) is 0 Å². The molecule has 2 rings (SSSR count). The molecular weight excluding hydrogens is 260 g/mol. The Morgan fingerprint density at radius 3 is 2.70 bits per heavy atom. The average Bonchev–Trinajstić information content (AvgIpc) is 3.15. The fourth-order valence-electron chi connectivity index (χ4n) is 2.75. The molecule has 3 atom stereocenters. The zero-order valence-corrected chi connectivity index (χ0v) is 11.9. The first kappa shape index (κ1) is 15.1. The molecule has 1 aliphatic heterocycles. The van der Waals surface area contributed by atoms with Crippen LogP contribution in [0, 0.1) is 11.8 Å². The predicted octanol–water partition coefficient (Wildman–Crippen LogP) is 1.35. The summed E-state index contributed by atoms with van der Waals surface area (Å²) in [5.74, 6) is -0.772. The molecule has 1 heterocycles. The molecule has 0 bridgehead atoms. The van der Waals surface area contributed by atoms with Gasteiger partial charge in [0.2, 0.25) is 0 Å². The van der Waals surface area contributed by atoms with E-state index in [1.807, 2.05) is 6.92 Å². The van der Waals surface area contributed by atoms with Gasteiger partial charge in [0.15, 0.2) is 0 Å². The second kappa shape index (κ2) is 6.92. The van der Waals surface area contributed by atoms with E-state index in [2.05, 4.69) is 10.6 Å². The predicted molar refractivity (Wildman–Crippen MR) is 73.4 cm³/mol. The molecule has 1 saturated heterocycles. The van der Waals surface area contributed by atoms with E-state index in [4.69, 9.17) is 9.84 Å². The lowest BCUT2D eigenvalue weighted by molar-refractivity contribution is -0.141. The second-order valence-electron chi connectivity index (χ2n) is 5.75. The van der Waals surface area contributed by atoms with Crippen LogP contribution in [0.15, 0.2) is 0 Å². The van der Waals surface area contributed by atoms with Gasteiger partial charge in [-0.2, -0.15) is 0 Å². The molecular formula is C14H24N2O4. The molecule has 2 fully saturated rings. The Morgan fingerprint density at radius 1 is 1.35 bits per heavy atom.